The molecule has 0 aromatic heterocycles. The standard InChI is InChI=1S/C30H48O5/c1-17(2)18(3)8-9-19(4)22-10-11-23-26-24(32)15-29(33)14-21(34-20(5)31)12-13-28(29,7)30(26)25(35-30)16-27(22,23)6/h17-19,21-23,25-26,33H,8-16H2,1-7H3/t18-,19+,21-,22+,23-,25+,26+,27+,28-,29-,30+/m0/s1. The van der Waals surface area contributed by atoms with Crippen molar-refractivity contribution >= 4 is 11.8 Å². The van der Waals surface area contributed by atoms with E-state index in [0.717, 1.165) is 37.5 Å². The minimum atomic E-state index is -1.17. The molecule has 0 unspecified atom stereocenters. The monoisotopic (exact) mass is 488 g/mol. The molecule has 0 bridgehead atoms. The molecular formula is C30H48O5. The van der Waals surface area contributed by atoms with E-state index in [2.05, 4.69) is 41.5 Å². The molecule has 35 heavy (non-hydrogen) atoms. The van der Waals surface area contributed by atoms with Gasteiger partial charge in [-0.1, -0.05) is 54.4 Å². The molecule has 1 aliphatic heterocycles. The van der Waals surface area contributed by atoms with Crippen LogP contribution in [-0.2, 0) is 19.1 Å². The third kappa shape index (κ3) is 3.53. The minimum Gasteiger partial charge on any atom is -0.462 e. The molecule has 1 N–H and O–H groups in total. The fraction of sp³-hybridized carbons (Fsp3) is 0.933. The molecular weight excluding hydrogens is 440 g/mol. The van der Waals surface area contributed by atoms with Crippen LogP contribution < -0.4 is 0 Å². The van der Waals surface area contributed by atoms with Crippen LogP contribution in [0.3, 0.4) is 0 Å². The molecule has 11 atom stereocenters. The highest BCUT2D eigenvalue weighted by Crippen LogP contribution is 2.77. The summed E-state index contributed by atoms with van der Waals surface area (Å²) in [6.07, 6.45) is 7.57. The van der Waals surface area contributed by atoms with E-state index in [4.69, 9.17) is 9.47 Å². The third-order valence-corrected chi connectivity index (χ3v) is 12.2. The summed E-state index contributed by atoms with van der Waals surface area (Å²) in [5.74, 6) is 2.87. The molecule has 0 radical (unpaired) electrons. The molecule has 0 aromatic carbocycles. The Labute approximate surface area is 212 Å². The summed E-state index contributed by atoms with van der Waals surface area (Å²) in [7, 11) is 0. The summed E-state index contributed by atoms with van der Waals surface area (Å²) < 4.78 is 12.2. The van der Waals surface area contributed by atoms with Crippen molar-refractivity contribution in [3.05, 3.63) is 0 Å². The summed E-state index contributed by atoms with van der Waals surface area (Å²) in [5, 5.41) is 12.0. The van der Waals surface area contributed by atoms with Crippen LogP contribution in [0.1, 0.15) is 106 Å². The van der Waals surface area contributed by atoms with Gasteiger partial charge >= 0.3 is 5.97 Å². The first-order valence-corrected chi connectivity index (χ1v) is 14.4. The topological polar surface area (TPSA) is 76.1 Å². The first-order valence-electron chi connectivity index (χ1n) is 14.4. The maximum absolute atomic E-state index is 13.9. The van der Waals surface area contributed by atoms with Crippen LogP contribution in [0.5, 0.6) is 0 Å². The predicted molar refractivity (Wildman–Crippen MR) is 135 cm³/mol. The number of ether oxygens (including phenoxy) is 2. The second-order valence-corrected chi connectivity index (χ2v) is 14.1. The summed E-state index contributed by atoms with van der Waals surface area (Å²) in [4.78, 5) is 25.5. The van der Waals surface area contributed by atoms with Gasteiger partial charge in [-0.3, -0.25) is 9.59 Å². The second-order valence-electron chi connectivity index (χ2n) is 14.1. The summed E-state index contributed by atoms with van der Waals surface area (Å²) in [6, 6.07) is 0. The van der Waals surface area contributed by atoms with Gasteiger partial charge in [0.25, 0.3) is 0 Å². The van der Waals surface area contributed by atoms with Gasteiger partial charge < -0.3 is 14.6 Å². The van der Waals surface area contributed by atoms with Crippen LogP contribution >= 0.6 is 0 Å². The van der Waals surface area contributed by atoms with E-state index in [1.54, 1.807) is 0 Å². The van der Waals surface area contributed by atoms with Crippen molar-refractivity contribution in [2.24, 2.45) is 46.3 Å². The van der Waals surface area contributed by atoms with Crippen molar-refractivity contribution in [2.75, 3.05) is 0 Å². The van der Waals surface area contributed by atoms with Crippen LogP contribution in [0.15, 0.2) is 0 Å². The van der Waals surface area contributed by atoms with Crippen LogP contribution in [0.4, 0.5) is 0 Å². The Morgan fingerprint density at radius 1 is 1.11 bits per heavy atom. The molecule has 198 valence electrons. The zero-order valence-corrected chi connectivity index (χ0v) is 23.1. The van der Waals surface area contributed by atoms with E-state index in [1.807, 2.05) is 0 Å². The van der Waals surface area contributed by atoms with E-state index < -0.39 is 16.6 Å². The highest BCUT2D eigenvalue weighted by Gasteiger charge is 2.84. The van der Waals surface area contributed by atoms with Gasteiger partial charge in [0.05, 0.1) is 17.6 Å². The predicted octanol–water partition coefficient (Wildman–Crippen LogP) is 5.71. The van der Waals surface area contributed by atoms with Crippen LogP contribution in [0, 0.1) is 46.3 Å². The maximum Gasteiger partial charge on any atom is 0.302 e. The highest BCUT2D eigenvalue weighted by atomic mass is 16.6. The second kappa shape index (κ2) is 8.28. The molecule has 4 aliphatic carbocycles. The molecule has 1 saturated heterocycles. The number of carbonyl (C=O) groups is 2. The average Bonchev–Trinajstić information content (AvgIpc) is 3.37. The van der Waals surface area contributed by atoms with Gasteiger partial charge in [-0.25, -0.2) is 0 Å². The first-order chi connectivity index (χ1) is 16.3. The van der Waals surface area contributed by atoms with Gasteiger partial charge in [-0.05, 0) is 67.1 Å². The number of carbonyl (C=O) groups excluding carboxylic acids is 2. The van der Waals surface area contributed by atoms with Crippen molar-refractivity contribution in [3.8, 4) is 0 Å². The lowest BCUT2D eigenvalue weighted by atomic mass is 9.42. The molecule has 1 heterocycles. The lowest BCUT2D eigenvalue weighted by Crippen LogP contribution is -2.70. The number of Topliss-reactive ketones (excluding diaryl/α,β-unsaturated/α-hetero) is 1. The molecule has 4 saturated carbocycles. The van der Waals surface area contributed by atoms with Crippen LogP contribution in [0.2, 0.25) is 0 Å². The van der Waals surface area contributed by atoms with Crippen molar-refractivity contribution in [1.29, 1.82) is 0 Å². The molecule has 5 heteroatoms. The Kier molecular flexibility index (Phi) is 6.08. The zero-order valence-electron chi connectivity index (χ0n) is 23.1. The Hall–Kier alpha value is -0.940. The van der Waals surface area contributed by atoms with E-state index in [1.165, 1.54) is 26.2 Å². The van der Waals surface area contributed by atoms with E-state index >= 15 is 0 Å². The number of fused-ring (bicyclic) bond motifs is 3. The Morgan fingerprint density at radius 3 is 2.49 bits per heavy atom. The van der Waals surface area contributed by atoms with Gasteiger partial charge in [0.2, 0.25) is 0 Å². The molecule has 5 rings (SSSR count). The molecule has 1 spiro atoms. The van der Waals surface area contributed by atoms with E-state index in [0.29, 0.717) is 24.2 Å². The number of aliphatic hydroxyl groups is 1. The third-order valence-electron chi connectivity index (χ3n) is 12.2. The smallest absolute Gasteiger partial charge is 0.302 e. The first kappa shape index (κ1) is 25.7. The Balaban J connectivity index is 1.39. The SMILES string of the molecule is CC(=O)O[C@H]1CC[C@@]2(C)[C@@](O)(CC(=O)[C@H]3[C@@H]4CC[C@H]([C@H](C)CC[C@H](C)C(C)C)[C@@]4(C)C[C@H]4O[C@]432)C1. The van der Waals surface area contributed by atoms with Gasteiger partial charge in [0.1, 0.15) is 17.5 Å². The van der Waals surface area contributed by atoms with Crippen molar-refractivity contribution < 1.29 is 24.2 Å². The summed E-state index contributed by atoms with van der Waals surface area (Å²) in [6.45, 7) is 15.5. The van der Waals surface area contributed by atoms with Gasteiger partial charge in [-0.15, -0.1) is 0 Å². The fourth-order valence-corrected chi connectivity index (χ4v) is 9.74. The molecule has 5 fully saturated rings. The number of hydrogen-bond acceptors (Lipinski definition) is 5. The summed E-state index contributed by atoms with van der Waals surface area (Å²) >= 11 is 0. The lowest BCUT2D eigenvalue weighted by Gasteiger charge is -2.61. The normalized spacial score (nSPS) is 50.0. The number of ketones is 1. The highest BCUT2D eigenvalue weighted by molar-refractivity contribution is 5.87. The molecule has 5 nitrogen and oxygen atoms in total. The van der Waals surface area contributed by atoms with Gasteiger partial charge in [0, 0.05) is 25.2 Å². The molecule has 0 aromatic rings. The van der Waals surface area contributed by atoms with Crippen LogP contribution in [0.25, 0.3) is 0 Å². The Morgan fingerprint density at radius 2 is 1.83 bits per heavy atom. The van der Waals surface area contributed by atoms with E-state index in [-0.39, 0.29) is 41.7 Å². The van der Waals surface area contributed by atoms with Crippen molar-refractivity contribution in [1.82, 2.24) is 0 Å². The van der Waals surface area contributed by atoms with Crippen molar-refractivity contribution in [2.45, 2.75) is 130 Å². The number of esters is 1. The zero-order chi connectivity index (χ0) is 25.6. The van der Waals surface area contributed by atoms with Crippen molar-refractivity contribution in [3.63, 3.8) is 0 Å². The maximum atomic E-state index is 13.9. The van der Waals surface area contributed by atoms with Gasteiger partial charge in [-0.2, -0.15) is 0 Å². The van der Waals surface area contributed by atoms with E-state index in [9.17, 15) is 14.7 Å². The quantitative estimate of drug-likeness (QED) is 0.383. The number of epoxide rings is 1. The average molecular weight is 489 g/mol. The molecule has 5 aliphatic rings. The summed E-state index contributed by atoms with van der Waals surface area (Å²) in [5.41, 5.74) is -2.05. The largest absolute Gasteiger partial charge is 0.462 e. The lowest BCUT2D eigenvalue weighted by molar-refractivity contribution is -0.217. The minimum absolute atomic E-state index is 0.0576. The van der Waals surface area contributed by atoms with Gasteiger partial charge in [0.15, 0.2) is 0 Å². The fourth-order valence-electron chi connectivity index (χ4n) is 9.74. The van der Waals surface area contributed by atoms with Crippen LogP contribution in [-0.4, -0.2) is 40.3 Å². The molecule has 0 amide bonds. The number of hydrogen-bond donors (Lipinski definition) is 1. The Bertz CT molecular complexity index is 884. The number of rotatable bonds is 6.